The quantitative estimate of drug-likeness (QED) is 0.0461. The van der Waals surface area contributed by atoms with E-state index in [2.05, 4.69) is 21.3 Å². The van der Waals surface area contributed by atoms with Crippen LogP contribution in [0.2, 0.25) is 0 Å². The van der Waals surface area contributed by atoms with Crippen LogP contribution in [0.3, 0.4) is 0 Å². The Morgan fingerprint density at radius 2 is 1.68 bits per heavy atom. The summed E-state index contributed by atoms with van der Waals surface area (Å²) in [5.41, 5.74) is -0.322. The number of pyridine rings is 2. The Morgan fingerprint density at radius 1 is 0.952 bits per heavy atom. The van der Waals surface area contributed by atoms with E-state index in [1.165, 1.54) is 24.9 Å². The summed E-state index contributed by atoms with van der Waals surface area (Å²) in [5.74, 6) is -4.55. The number of aromatic nitrogens is 2. The SMILES string of the molecule is CC[C@@]1(O)C(=O)OCc2c1cc1n(c2=O)Cc2cc3c(CNC(=O)CCCNC(=O)[C@H](CCC(=O)NCCOC)NC(=O)CCCN4C(=O)C=CC4=O)c(OC)c(F)cc3nc2-1. The lowest BCUT2D eigenvalue weighted by molar-refractivity contribution is -0.172. The molecule has 3 aliphatic rings. The number of esters is 1. The van der Waals surface area contributed by atoms with Crippen LogP contribution in [0, 0.1) is 5.82 Å². The Bertz CT molecular complexity index is 2400. The lowest BCUT2D eigenvalue weighted by atomic mass is 9.86. The third-order valence-corrected chi connectivity index (χ3v) is 11.0. The highest BCUT2D eigenvalue weighted by Gasteiger charge is 2.45. The van der Waals surface area contributed by atoms with E-state index in [-0.39, 0.29) is 119 Å². The highest BCUT2D eigenvalue weighted by molar-refractivity contribution is 6.12. The first-order valence-electron chi connectivity index (χ1n) is 20.2. The molecular weight excluding hydrogens is 813 g/mol. The number of imide groups is 1. The first-order chi connectivity index (χ1) is 29.7. The number of halogens is 1. The van der Waals surface area contributed by atoms with Crippen molar-refractivity contribution in [2.45, 2.75) is 83.2 Å². The van der Waals surface area contributed by atoms with Crippen molar-refractivity contribution in [3.63, 3.8) is 0 Å². The molecule has 2 atom stereocenters. The molecule has 6 rings (SSSR count). The molecule has 0 fully saturated rings. The van der Waals surface area contributed by atoms with Crippen LogP contribution in [0.1, 0.15) is 74.1 Å². The van der Waals surface area contributed by atoms with Crippen molar-refractivity contribution in [1.82, 2.24) is 35.7 Å². The molecule has 20 heteroatoms. The maximum atomic E-state index is 15.5. The first-order valence-corrected chi connectivity index (χ1v) is 20.2. The monoisotopic (exact) mass is 861 g/mol. The van der Waals surface area contributed by atoms with Crippen LogP contribution < -0.4 is 31.6 Å². The van der Waals surface area contributed by atoms with E-state index in [9.17, 15) is 43.5 Å². The average molecular weight is 862 g/mol. The number of carbonyl (C=O) groups excluding carboxylic acids is 7. The number of hydrogen-bond donors (Lipinski definition) is 5. The number of rotatable bonds is 20. The summed E-state index contributed by atoms with van der Waals surface area (Å²) in [6.07, 6.45) is 2.33. The van der Waals surface area contributed by atoms with E-state index >= 15 is 4.39 Å². The van der Waals surface area contributed by atoms with Gasteiger partial charge in [0.1, 0.15) is 12.6 Å². The van der Waals surface area contributed by atoms with Crippen LogP contribution in [0.5, 0.6) is 5.75 Å². The molecule has 0 spiro atoms. The average Bonchev–Trinajstić information content (AvgIpc) is 3.77. The van der Waals surface area contributed by atoms with Gasteiger partial charge in [-0.15, -0.1) is 0 Å². The van der Waals surface area contributed by atoms with Crippen molar-refractivity contribution >= 4 is 52.3 Å². The molecule has 2 aromatic heterocycles. The molecule has 0 unspecified atom stereocenters. The molecule has 0 saturated heterocycles. The summed E-state index contributed by atoms with van der Waals surface area (Å²) in [5, 5.41) is 22.4. The van der Waals surface area contributed by atoms with E-state index in [0.29, 0.717) is 27.9 Å². The van der Waals surface area contributed by atoms with E-state index < -0.39 is 58.5 Å². The van der Waals surface area contributed by atoms with E-state index in [1.807, 2.05) is 0 Å². The second-order valence-corrected chi connectivity index (χ2v) is 15.0. The zero-order valence-electron chi connectivity index (χ0n) is 34.5. The van der Waals surface area contributed by atoms with Gasteiger partial charge < -0.3 is 45.2 Å². The van der Waals surface area contributed by atoms with Crippen LogP contribution in [0.4, 0.5) is 4.39 Å². The van der Waals surface area contributed by atoms with Crippen LogP contribution in [0.15, 0.2) is 35.1 Å². The molecule has 0 radical (unpaired) electrons. The molecule has 330 valence electrons. The molecule has 0 bridgehead atoms. The minimum Gasteiger partial charge on any atom is -0.493 e. The number of fused-ring (bicyclic) bond motifs is 5. The van der Waals surface area contributed by atoms with Crippen molar-refractivity contribution in [2.24, 2.45) is 0 Å². The van der Waals surface area contributed by atoms with Crippen LogP contribution in [0.25, 0.3) is 22.3 Å². The highest BCUT2D eigenvalue weighted by Crippen LogP contribution is 2.40. The number of carbonyl (C=O) groups is 7. The molecule has 62 heavy (non-hydrogen) atoms. The van der Waals surface area contributed by atoms with Crippen molar-refractivity contribution in [1.29, 1.82) is 0 Å². The molecule has 0 aliphatic carbocycles. The highest BCUT2D eigenvalue weighted by atomic mass is 19.1. The minimum atomic E-state index is -2.01. The summed E-state index contributed by atoms with van der Waals surface area (Å²) in [6.45, 7) is 1.85. The van der Waals surface area contributed by atoms with Gasteiger partial charge in [-0.05, 0) is 37.8 Å². The second kappa shape index (κ2) is 19.4. The Balaban J connectivity index is 1.07. The standard InChI is InChI=1S/C42H48FN7O12/c1-4-42(59)27-18-31-37-23(21-50(31)40(57)26(27)22-62-41(42)58)17-24-25(38(61-3)28(43)19-30(24)48-37)20-46-32(51)7-5-13-45-39(56)29(9-10-33(52)44-14-16-60-2)47-34(53)8-6-15-49-35(54)11-12-36(49)55/h11-12,17-19,29,59H,4-10,13-16,20-22H2,1-3H3,(H,44,52)(H,45,56)(H,46,51)(H,47,53)/t29-,42-/m0/s1. The lowest BCUT2D eigenvalue weighted by Gasteiger charge is -2.31. The van der Waals surface area contributed by atoms with E-state index in [0.717, 1.165) is 17.1 Å². The Hall–Kier alpha value is -6.54. The van der Waals surface area contributed by atoms with E-state index in [4.69, 9.17) is 19.2 Å². The maximum Gasteiger partial charge on any atom is 0.343 e. The van der Waals surface area contributed by atoms with Crippen molar-refractivity contribution in [3.05, 3.63) is 68.8 Å². The normalized spacial score (nSPS) is 16.7. The molecule has 3 aliphatic heterocycles. The summed E-state index contributed by atoms with van der Waals surface area (Å²) >= 11 is 0. The van der Waals surface area contributed by atoms with Gasteiger partial charge in [-0.25, -0.2) is 14.2 Å². The van der Waals surface area contributed by atoms with Gasteiger partial charge in [0.15, 0.2) is 17.2 Å². The van der Waals surface area contributed by atoms with Gasteiger partial charge in [0, 0.05) is 92.8 Å². The summed E-state index contributed by atoms with van der Waals surface area (Å²) in [6, 6.07) is 3.38. The Morgan fingerprint density at radius 3 is 2.39 bits per heavy atom. The number of aliphatic hydroxyl groups is 1. The van der Waals surface area contributed by atoms with Crippen molar-refractivity contribution in [2.75, 3.05) is 40.5 Å². The number of hydrogen-bond acceptors (Lipinski definition) is 13. The lowest BCUT2D eigenvalue weighted by Crippen LogP contribution is -2.47. The number of benzene rings is 1. The molecule has 5 heterocycles. The smallest absolute Gasteiger partial charge is 0.343 e. The van der Waals surface area contributed by atoms with Crippen LogP contribution in [-0.4, -0.2) is 107 Å². The molecule has 6 amide bonds. The van der Waals surface area contributed by atoms with E-state index in [1.54, 1.807) is 19.1 Å². The topological polar surface area (TPSA) is 254 Å². The van der Waals surface area contributed by atoms with Crippen molar-refractivity contribution < 1.29 is 57.3 Å². The van der Waals surface area contributed by atoms with Gasteiger partial charge in [-0.2, -0.15) is 0 Å². The number of nitrogens with zero attached hydrogens (tertiary/aromatic N) is 3. The van der Waals surface area contributed by atoms with Crippen molar-refractivity contribution in [3.8, 4) is 17.1 Å². The maximum absolute atomic E-state index is 15.5. The largest absolute Gasteiger partial charge is 0.493 e. The summed E-state index contributed by atoms with van der Waals surface area (Å²) in [7, 11) is 2.77. The zero-order chi connectivity index (χ0) is 44.7. The third kappa shape index (κ3) is 9.50. The van der Waals surface area contributed by atoms with Gasteiger partial charge in [0.2, 0.25) is 23.6 Å². The molecule has 0 saturated carbocycles. The summed E-state index contributed by atoms with van der Waals surface area (Å²) in [4.78, 5) is 107. The molecule has 19 nitrogen and oxygen atoms in total. The fourth-order valence-corrected chi connectivity index (χ4v) is 7.63. The molecule has 3 aromatic rings. The minimum absolute atomic E-state index is 0.0196. The fraction of sp³-hybridized carbons (Fsp3) is 0.452. The molecule has 1 aromatic carbocycles. The van der Waals surface area contributed by atoms with Crippen LogP contribution >= 0.6 is 0 Å². The number of nitrogens with one attached hydrogen (secondary N) is 4. The van der Waals surface area contributed by atoms with Crippen LogP contribution in [-0.2, 0) is 68.3 Å². The molecule has 5 N–H and O–H groups in total. The van der Waals surface area contributed by atoms with Gasteiger partial charge >= 0.3 is 5.97 Å². The number of cyclic esters (lactones) is 1. The van der Waals surface area contributed by atoms with Gasteiger partial charge in [-0.3, -0.25) is 38.5 Å². The fourth-order valence-electron chi connectivity index (χ4n) is 7.63. The van der Waals surface area contributed by atoms with Gasteiger partial charge in [-0.1, -0.05) is 6.92 Å². The van der Waals surface area contributed by atoms with Gasteiger partial charge in [0.25, 0.3) is 17.4 Å². The zero-order valence-corrected chi connectivity index (χ0v) is 34.5. The summed E-state index contributed by atoms with van der Waals surface area (Å²) < 4.78 is 32.4. The number of ether oxygens (including phenoxy) is 3. The number of methoxy groups -OCH3 is 2. The van der Waals surface area contributed by atoms with Gasteiger partial charge in [0.05, 0.1) is 42.7 Å². The first kappa shape index (κ1) is 45.0. The Labute approximate surface area is 354 Å². The third-order valence-electron chi connectivity index (χ3n) is 11.0. The number of amides is 6. The Kier molecular flexibility index (Phi) is 14.1. The second-order valence-electron chi connectivity index (χ2n) is 15.0. The predicted octanol–water partition coefficient (Wildman–Crippen LogP) is 0.473. The molecular formula is C42H48FN7O12. The predicted molar refractivity (Wildman–Crippen MR) is 216 cm³/mol.